The minimum Gasteiger partial charge on any atom is -0.363 e. The SMILES string of the molecule is Cc1ccc(CN(C)C(=O)COC2(C)CNC2)c(C)c1. The highest BCUT2D eigenvalue weighted by atomic mass is 16.5. The third kappa shape index (κ3) is 3.58. The van der Waals surface area contributed by atoms with Crippen LogP contribution < -0.4 is 5.32 Å². The highest BCUT2D eigenvalue weighted by molar-refractivity contribution is 5.77. The number of likely N-dealkylation sites (N-methyl/N-ethyl adjacent to an activating group) is 1. The molecule has 1 saturated heterocycles. The van der Waals surface area contributed by atoms with Gasteiger partial charge < -0.3 is 15.0 Å². The Morgan fingerprint density at radius 2 is 2.10 bits per heavy atom. The van der Waals surface area contributed by atoms with Crippen LogP contribution >= 0.6 is 0 Å². The van der Waals surface area contributed by atoms with Crippen LogP contribution in [0.4, 0.5) is 0 Å². The molecular weight excluding hydrogens is 252 g/mol. The van der Waals surface area contributed by atoms with Crippen LogP contribution in [0, 0.1) is 13.8 Å². The summed E-state index contributed by atoms with van der Waals surface area (Å²) in [5, 5.41) is 3.16. The molecule has 0 atom stereocenters. The number of aryl methyl sites for hydroxylation is 2. The van der Waals surface area contributed by atoms with Gasteiger partial charge in [0, 0.05) is 26.7 Å². The number of amides is 1. The van der Waals surface area contributed by atoms with E-state index < -0.39 is 0 Å². The van der Waals surface area contributed by atoms with Crippen molar-refractivity contribution in [2.45, 2.75) is 32.9 Å². The number of nitrogens with zero attached hydrogens (tertiary/aromatic N) is 1. The molecule has 4 nitrogen and oxygen atoms in total. The van der Waals surface area contributed by atoms with Crippen LogP contribution in [0.5, 0.6) is 0 Å². The molecule has 0 spiro atoms. The zero-order valence-electron chi connectivity index (χ0n) is 12.8. The summed E-state index contributed by atoms with van der Waals surface area (Å²) >= 11 is 0. The van der Waals surface area contributed by atoms with Crippen molar-refractivity contribution in [3.8, 4) is 0 Å². The van der Waals surface area contributed by atoms with Crippen LogP contribution in [0.2, 0.25) is 0 Å². The molecule has 1 aromatic carbocycles. The van der Waals surface area contributed by atoms with Gasteiger partial charge in [0.1, 0.15) is 6.61 Å². The highest BCUT2D eigenvalue weighted by Gasteiger charge is 2.33. The zero-order chi connectivity index (χ0) is 14.8. The number of carbonyl (C=O) groups is 1. The first-order chi connectivity index (χ1) is 9.39. The smallest absolute Gasteiger partial charge is 0.248 e. The lowest BCUT2D eigenvalue weighted by molar-refractivity contribution is -0.145. The molecule has 0 unspecified atom stereocenters. The molecule has 2 rings (SSSR count). The first-order valence-corrected chi connectivity index (χ1v) is 7.04. The van der Waals surface area contributed by atoms with E-state index in [0.29, 0.717) is 6.54 Å². The minimum atomic E-state index is -0.170. The van der Waals surface area contributed by atoms with Gasteiger partial charge in [-0.25, -0.2) is 0 Å². The van der Waals surface area contributed by atoms with E-state index in [-0.39, 0.29) is 18.1 Å². The number of hydrogen-bond acceptors (Lipinski definition) is 3. The number of benzene rings is 1. The summed E-state index contributed by atoms with van der Waals surface area (Å²) in [6, 6.07) is 6.32. The van der Waals surface area contributed by atoms with Crippen molar-refractivity contribution >= 4 is 5.91 Å². The van der Waals surface area contributed by atoms with Crippen LogP contribution in [0.1, 0.15) is 23.6 Å². The minimum absolute atomic E-state index is 0.0260. The van der Waals surface area contributed by atoms with Gasteiger partial charge in [0.2, 0.25) is 5.91 Å². The second-order valence-electron chi connectivity index (χ2n) is 6.02. The predicted molar refractivity (Wildman–Crippen MR) is 79.6 cm³/mol. The summed E-state index contributed by atoms with van der Waals surface area (Å²) in [5.41, 5.74) is 3.48. The summed E-state index contributed by atoms with van der Waals surface area (Å²) < 4.78 is 5.68. The molecule has 1 amide bonds. The maximum Gasteiger partial charge on any atom is 0.248 e. The fourth-order valence-corrected chi connectivity index (χ4v) is 2.29. The topological polar surface area (TPSA) is 41.6 Å². The Bertz CT molecular complexity index is 495. The summed E-state index contributed by atoms with van der Waals surface area (Å²) in [5.74, 6) is 0.0260. The van der Waals surface area contributed by atoms with Crippen molar-refractivity contribution in [3.63, 3.8) is 0 Å². The lowest BCUT2D eigenvalue weighted by Crippen LogP contribution is -2.59. The number of nitrogens with one attached hydrogen (secondary N) is 1. The normalized spacial score (nSPS) is 16.6. The van der Waals surface area contributed by atoms with E-state index in [9.17, 15) is 4.79 Å². The van der Waals surface area contributed by atoms with Gasteiger partial charge in [-0.15, -0.1) is 0 Å². The highest BCUT2D eigenvalue weighted by Crippen LogP contribution is 2.16. The van der Waals surface area contributed by atoms with Crippen LogP contribution in [0.25, 0.3) is 0 Å². The molecule has 1 aromatic rings. The van der Waals surface area contributed by atoms with Crippen molar-refractivity contribution in [1.29, 1.82) is 0 Å². The van der Waals surface area contributed by atoms with E-state index in [0.717, 1.165) is 13.1 Å². The molecule has 1 aliphatic rings. The maximum absolute atomic E-state index is 12.1. The van der Waals surface area contributed by atoms with Gasteiger partial charge in [0.25, 0.3) is 0 Å². The molecule has 20 heavy (non-hydrogen) atoms. The molecule has 1 fully saturated rings. The van der Waals surface area contributed by atoms with Gasteiger partial charge in [0.15, 0.2) is 0 Å². The van der Waals surface area contributed by atoms with Crippen molar-refractivity contribution < 1.29 is 9.53 Å². The second-order valence-corrected chi connectivity index (χ2v) is 6.02. The Kier molecular flexibility index (Phi) is 4.45. The number of rotatable bonds is 5. The summed E-state index contributed by atoms with van der Waals surface area (Å²) in [7, 11) is 1.83. The van der Waals surface area contributed by atoms with Gasteiger partial charge in [-0.05, 0) is 31.9 Å². The Balaban J connectivity index is 1.87. The van der Waals surface area contributed by atoms with Crippen LogP contribution in [-0.2, 0) is 16.1 Å². The quantitative estimate of drug-likeness (QED) is 0.889. The van der Waals surface area contributed by atoms with Crippen molar-refractivity contribution in [3.05, 3.63) is 34.9 Å². The average Bonchev–Trinajstić information content (AvgIpc) is 2.36. The third-order valence-corrected chi connectivity index (χ3v) is 3.87. The molecule has 4 heteroatoms. The van der Waals surface area contributed by atoms with Crippen molar-refractivity contribution in [2.24, 2.45) is 0 Å². The lowest BCUT2D eigenvalue weighted by atomic mass is 10.0. The molecule has 0 bridgehead atoms. The molecule has 0 saturated carbocycles. The fourth-order valence-electron chi connectivity index (χ4n) is 2.29. The number of ether oxygens (including phenoxy) is 1. The molecule has 1 aliphatic heterocycles. The Hall–Kier alpha value is -1.39. The van der Waals surface area contributed by atoms with E-state index in [4.69, 9.17) is 4.74 Å². The van der Waals surface area contributed by atoms with E-state index in [2.05, 4.69) is 37.4 Å². The van der Waals surface area contributed by atoms with Gasteiger partial charge >= 0.3 is 0 Å². The lowest BCUT2D eigenvalue weighted by Gasteiger charge is -2.39. The zero-order valence-corrected chi connectivity index (χ0v) is 12.8. The predicted octanol–water partition coefficient (Wildman–Crippen LogP) is 1.64. The Morgan fingerprint density at radius 1 is 1.40 bits per heavy atom. The fraction of sp³-hybridized carbons (Fsp3) is 0.562. The summed E-state index contributed by atoms with van der Waals surface area (Å²) in [4.78, 5) is 13.8. The Morgan fingerprint density at radius 3 is 2.65 bits per heavy atom. The van der Waals surface area contributed by atoms with Gasteiger partial charge in [-0.2, -0.15) is 0 Å². The monoisotopic (exact) mass is 276 g/mol. The van der Waals surface area contributed by atoms with Crippen LogP contribution in [-0.4, -0.2) is 43.2 Å². The molecule has 0 aromatic heterocycles. The van der Waals surface area contributed by atoms with Crippen LogP contribution in [0.15, 0.2) is 18.2 Å². The molecule has 110 valence electrons. The molecule has 1 heterocycles. The van der Waals surface area contributed by atoms with Crippen molar-refractivity contribution in [1.82, 2.24) is 10.2 Å². The van der Waals surface area contributed by atoms with E-state index >= 15 is 0 Å². The van der Waals surface area contributed by atoms with E-state index in [1.54, 1.807) is 4.90 Å². The van der Waals surface area contributed by atoms with Gasteiger partial charge in [0.05, 0.1) is 5.60 Å². The largest absolute Gasteiger partial charge is 0.363 e. The first-order valence-electron chi connectivity index (χ1n) is 7.04. The average molecular weight is 276 g/mol. The van der Waals surface area contributed by atoms with Gasteiger partial charge in [-0.3, -0.25) is 4.79 Å². The van der Waals surface area contributed by atoms with Crippen molar-refractivity contribution in [2.75, 3.05) is 26.7 Å². The first kappa shape index (κ1) is 15.0. The Labute approximate surface area is 121 Å². The molecule has 0 radical (unpaired) electrons. The maximum atomic E-state index is 12.1. The van der Waals surface area contributed by atoms with Gasteiger partial charge in [-0.1, -0.05) is 23.8 Å². The summed E-state index contributed by atoms with van der Waals surface area (Å²) in [6.45, 7) is 8.61. The second kappa shape index (κ2) is 5.94. The summed E-state index contributed by atoms with van der Waals surface area (Å²) in [6.07, 6.45) is 0. The number of hydrogen-bond donors (Lipinski definition) is 1. The molecule has 0 aliphatic carbocycles. The molecule has 1 N–H and O–H groups in total. The number of carbonyl (C=O) groups excluding carboxylic acids is 1. The standard InChI is InChI=1S/C16H24N2O2/c1-12-5-6-14(13(2)7-12)8-18(4)15(19)9-20-16(3)10-17-11-16/h5-7,17H,8-11H2,1-4H3. The third-order valence-electron chi connectivity index (χ3n) is 3.87. The molecular formula is C16H24N2O2. The van der Waals surface area contributed by atoms with E-state index in [1.165, 1.54) is 16.7 Å². The van der Waals surface area contributed by atoms with E-state index in [1.807, 2.05) is 14.0 Å². The van der Waals surface area contributed by atoms with Crippen LogP contribution in [0.3, 0.4) is 0 Å².